The molecule has 96 valence electrons. The minimum atomic E-state index is 0.521. The van der Waals surface area contributed by atoms with Crippen LogP contribution in [0.2, 0.25) is 0 Å². The van der Waals surface area contributed by atoms with E-state index in [1.807, 2.05) is 23.9 Å². The van der Waals surface area contributed by atoms with Crippen LogP contribution in [0.1, 0.15) is 24.2 Å². The minimum Gasteiger partial charge on any atom is -0.461 e. The van der Waals surface area contributed by atoms with Gasteiger partial charge in [-0.05, 0) is 32.1 Å². The van der Waals surface area contributed by atoms with Gasteiger partial charge in [0.25, 0.3) is 0 Å². The Labute approximate surface area is 112 Å². The highest BCUT2D eigenvalue weighted by Crippen LogP contribution is 2.46. The summed E-state index contributed by atoms with van der Waals surface area (Å²) in [6, 6.07) is 8.28. The quantitative estimate of drug-likeness (QED) is 0.888. The number of thioether (sulfide) groups is 1. The van der Waals surface area contributed by atoms with Crippen LogP contribution in [0.3, 0.4) is 0 Å². The lowest BCUT2D eigenvalue weighted by molar-refractivity contribution is 0.564. The highest BCUT2D eigenvalue weighted by Gasteiger charge is 2.41. The van der Waals surface area contributed by atoms with Crippen molar-refractivity contribution in [3.8, 4) is 0 Å². The summed E-state index contributed by atoms with van der Waals surface area (Å²) < 4.78 is 6.30. The van der Waals surface area contributed by atoms with Crippen molar-refractivity contribution in [2.75, 3.05) is 12.8 Å². The van der Waals surface area contributed by atoms with Crippen LogP contribution < -0.4 is 5.32 Å². The SMILES string of the molecule is CSC1(CNCc2c(C)oc3ccccc23)CC1. The van der Waals surface area contributed by atoms with Crippen LogP contribution in [0.5, 0.6) is 0 Å². The molecular weight excluding hydrogens is 242 g/mol. The molecule has 0 saturated heterocycles. The number of hydrogen-bond acceptors (Lipinski definition) is 3. The zero-order chi connectivity index (χ0) is 12.6. The summed E-state index contributed by atoms with van der Waals surface area (Å²) in [7, 11) is 0. The van der Waals surface area contributed by atoms with Crippen molar-refractivity contribution in [1.82, 2.24) is 5.32 Å². The molecule has 1 aliphatic rings. The Morgan fingerprint density at radius 3 is 2.83 bits per heavy atom. The van der Waals surface area contributed by atoms with Gasteiger partial charge in [0.15, 0.2) is 0 Å². The first-order valence-electron chi connectivity index (χ1n) is 6.47. The fourth-order valence-electron chi connectivity index (χ4n) is 2.45. The molecule has 1 N–H and O–H groups in total. The summed E-state index contributed by atoms with van der Waals surface area (Å²) in [5.74, 6) is 1.04. The van der Waals surface area contributed by atoms with Crippen molar-refractivity contribution < 1.29 is 4.42 Å². The maximum Gasteiger partial charge on any atom is 0.134 e. The van der Waals surface area contributed by atoms with E-state index in [1.165, 1.54) is 23.8 Å². The van der Waals surface area contributed by atoms with Crippen LogP contribution in [-0.2, 0) is 6.54 Å². The second-order valence-electron chi connectivity index (χ2n) is 5.12. The smallest absolute Gasteiger partial charge is 0.134 e. The van der Waals surface area contributed by atoms with Crippen molar-refractivity contribution in [2.24, 2.45) is 0 Å². The van der Waals surface area contributed by atoms with Gasteiger partial charge in [0.1, 0.15) is 11.3 Å². The molecule has 3 rings (SSSR count). The number of furan rings is 1. The first-order chi connectivity index (χ1) is 8.74. The summed E-state index contributed by atoms with van der Waals surface area (Å²) in [5.41, 5.74) is 2.31. The van der Waals surface area contributed by atoms with Crippen molar-refractivity contribution >= 4 is 22.7 Å². The van der Waals surface area contributed by atoms with Crippen LogP contribution in [-0.4, -0.2) is 17.5 Å². The largest absolute Gasteiger partial charge is 0.461 e. The predicted octanol–water partition coefficient (Wildman–Crippen LogP) is 3.73. The van der Waals surface area contributed by atoms with Gasteiger partial charge in [-0.15, -0.1) is 0 Å². The van der Waals surface area contributed by atoms with E-state index in [0.717, 1.165) is 24.4 Å². The molecule has 2 aromatic rings. The normalized spacial score (nSPS) is 17.2. The van der Waals surface area contributed by atoms with E-state index < -0.39 is 0 Å². The molecule has 1 aromatic carbocycles. The Morgan fingerprint density at radius 1 is 1.33 bits per heavy atom. The molecule has 0 spiro atoms. The summed E-state index contributed by atoms with van der Waals surface area (Å²) in [6.45, 7) is 4.07. The maximum atomic E-state index is 5.78. The average Bonchev–Trinajstić information content (AvgIpc) is 3.09. The van der Waals surface area contributed by atoms with Gasteiger partial charge in [-0.25, -0.2) is 0 Å². The Morgan fingerprint density at radius 2 is 2.11 bits per heavy atom. The zero-order valence-electron chi connectivity index (χ0n) is 11.0. The molecule has 3 heteroatoms. The Kier molecular flexibility index (Phi) is 3.12. The monoisotopic (exact) mass is 261 g/mol. The number of fused-ring (bicyclic) bond motifs is 1. The molecule has 0 aliphatic heterocycles. The van der Waals surface area contributed by atoms with Crippen LogP contribution in [0, 0.1) is 6.92 Å². The van der Waals surface area contributed by atoms with Gasteiger partial charge in [-0.1, -0.05) is 18.2 Å². The molecule has 1 aliphatic carbocycles. The number of rotatable bonds is 5. The average molecular weight is 261 g/mol. The molecule has 0 amide bonds. The molecule has 0 bridgehead atoms. The van der Waals surface area contributed by atoms with Crippen LogP contribution in [0.25, 0.3) is 11.0 Å². The molecular formula is C15H19NOS. The summed E-state index contributed by atoms with van der Waals surface area (Å²) in [6.07, 6.45) is 4.92. The van der Waals surface area contributed by atoms with Crippen LogP contribution in [0.4, 0.5) is 0 Å². The number of para-hydroxylation sites is 1. The van der Waals surface area contributed by atoms with Gasteiger partial charge in [-0.2, -0.15) is 11.8 Å². The van der Waals surface area contributed by atoms with Crippen molar-refractivity contribution in [3.63, 3.8) is 0 Å². The number of benzene rings is 1. The highest BCUT2D eigenvalue weighted by molar-refractivity contribution is 8.00. The standard InChI is InChI=1S/C15H19NOS/c1-11-13(9-16-10-15(18-2)7-8-15)12-5-3-4-6-14(12)17-11/h3-6,16H,7-10H2,1-2H3. The number of hydrogen-bond donors (Lipinski definition) is 1. The lowest BCUT2D eigenvalue weighted by Gasteiger charge is -2.12. The minimum absolute atomic E-state index is 0.521. The molecule has 1 saturated carbocycles. The Bertz CT molecular complexity index is 557. The lowest BCUT2D eigenvalue weighted by Crippen LogP contribution is -2.25. The van der Waals surface area contributed by atoms with E-state index in [1.54, 1.807) is 0 Å². The molecule has 0 unspecified atom stereocenters. The van der Waals surface area contributed by atoms with Crippen molar-refractivity contribution in [1.29, 1.82) is 0 Å². The predicted molar refractivity (Wildman–Crippen MR) is 78.1 cm³/mol. The first kappa shape index (κ1) is 12.1. The molecule has 0 atom stereocenters. The number of aryl methyl sites for hydroxylation is 1. The summed E-state index contributed by atoms with van der Waals surface area (Å²) >= 11 is 2.00. The van der Waals surface area contributed by atoms with E-state index in [4.69, 9.17) is 4.42 Å². The maximum absolute atomic E-state index is 5.78. The third-order valence-corrected chi connectivity index (χ3v) is 5.31. The van der Waals surface area contributed by atoms with E-state index in [9.17, 15) is 0 Å². The number of nitrogens with one attached hydrogen (secondary N) is 1. The van der Waals surface area contributed by atoms with E-state index in [2.05, 4.69) is 30.6 Å². The van der Waals surface area contributed by atoms with Crippen molar-refractivity contribution in [3.05, 3.63) is 35.6 Å². The third-order valence-electron chi connectivity index (χ3n) is 3.89. The van der Waals surface area contributed by atoms with Crippen molar-refractivity contribution in [2.45, 2.75) is 31.1 Å². The molecule has 2 nitrogen and oxygen atoms in total. The topological polar surface area (TPSA) is 25.2 Å². The molecule has 0 radical (unpaired) electrons. The summed E-state index contributed by atoms with van der Waals surface area (Å²) in [5, 5.41) is 4.84. The first-order valence-corrected chi connectivity index (χ1v) is 7.69. The zero-order valence-corrected chi connectivity index (χ0v) is 11.8. The van der Waals surface area contributed by atoms with Crippen LogP contribution >= 0.6 is 11.8 Å². The molecule has 1 fully saturated rings. The Hall–Kier alpha value is -0.930. The fraction of sp³-hybridized carbons (Fsp3) is 0.467. The van der Waals surface area contributed by atoms with Gasteiger partial charge in [0, 0.05) is 28.8 Å². The van der Waals surface area contributed by atoms with E-state index in [0.29, 0.717) is 4.75 Å². The molecule has 1 heterocycles. The molecule has 18 heavy (non-hydrogen) atoms. The lowest BCUT2D eigenvalue weighted by atomic mass is 10.1. The van der Waals surface area contributed by atoms with Gasteiger partial charge >= 0.3 is 0 Å². The van der Waals surface area contributed by atoms with Gasteiger partial charge in [0.05, 0.1) is 0 Å². The van der Waals surface area contributed by atoms with Crippen LogP contribution in [0.15, 0.2) is 28.7 Å². The van der Waals surface area contributed by atoms with Gasteiger partial charge in [0.2, 0.25) is 0 Å². The van der Waals surface area contributed by atoms with E-state index >= 15 is 0 Å². The van der Waals surface area contributed by atoms with Gasteiger partial charge in [-0.3, -0.25) is 0 Å². The highest BCUT2D eigenvalue weighted by atomic mass is 32.2. The fourth-order valence-corrected chi connectivity index (χ4v) is 3.21. The molecule has 1 aromatic heterocycles. The van der Waals surface area contributed by atoms with Gasteiger partial charge < -0.3 is 9.73 Å². The third kappa shape index (κ3) is 2.17. The van der Waals surface area contributed by atoms with E-state index in [-0.39, 0.29) is 0 Å². The second-order valence-corrected chi connectivity index (χ2v) is 6.40. The summed E-state index contributed by atoms with van der Waals surface area (Å²) in [4.78, 5) is 0. The Balaban J connectivity index is 1.72. The second kappa shape index (κ2) is 4.63.